The van der Waals surface area contributed by atoms with E-state index < -0.39 is 5.92 Å². The summed E-state index contributed by atoms with van der Waals surface area (Å²) in [6, 6.07) is 0. The lowest BCUT2D eigenvalue weighted by Crippen LogP contribution is -2.31. The fourth-order valence-corrected chi connectivity index (χ4v) is 2.23. The Kier molecular flexibility index (Phi) is 7.27. The Hall–Kier alpha value is -0.660. The average molecular weight is 226 g/mol. The van der Waals surface area contributed by atoms with Crippen LogP contribution in [0.4, 0.5) is 0 Å². The topological polar surface area (TPSA) is 34.1 Å². The molecule has 2 heteroatoms. The first-order valence-corrected chi connectivity index (χ1v) is 6.60. The average Bonchev–Trinajstić information content (AvgIpc) is 2.30. The van der Waals surface area contributed by atoms with Crippen LogP contribution in [0, 0.1) is 17.8 Å². The van der Waals surface area contributed by atoms with Gasteiger partial charge < -0.3 is 0 Å². The molecule has 16 heavy (non-hydrogen) atoms. The molecular formula is C14H26O2. The molecule has 0 bridgehead atoms. The van der Waals surface area contributed by atoms with Gasteiger partial charge in [0.2, 0.25) is 0 Å². The van der Waals surface area contributed by atoms with E-state index in [1.807, 2.05) is 27.7 Å². The fraction of sp³-hybridized carbons (Fsp3) is 0.857. The molecule has 0 aliphatic rings. The lowest BCUT2D eigenvalue weighted by molar-refractivity contribution is -0.136. The second-order valence-corrected chi connectivity index (χ2v) is 4.55. The first-order valence-electron chi connectivity index (χ1n) is 6.60. The summed E-state index contributed by atoms with van der Waals surface area (Å²) < 4.78 is 0. The molecule has 2 nitrogen and oxygen atoms in total. The van der Waals surface area contributed by atoms with Crippen LogP contribution in [0.25, 0.3) is 0 Å². The van der Waals surface area contributed by atoms with E-state index in [1.54, 1.807) is 6.92 Å². The van der Waals surface area contributed by atoms with E-state index in [9.17, 15) is 9.59 Å². The minimum absolute atomic E-state index is 0.0633. The van der Waals surface area contributed by atoms with Gasteiger partial charge in [0.05, 0.1) is 5.92 Å². The smallest absolute Gasteiger partial charge is 0.146 e. The maximum Gasteiger partial charge on any atom is 0.146 e. The number of hydrogen-bond donors (Lipinski definition) is 0. The molecule has 94 valence electrons. The molecule has 0 saturated carbocycles. The van der Waals surface area contributed by atoms with Gasteiger partial charge in [0.1, 0.15) is 11.6 Å². The Morgan fingerprint density at radius 3 is 1.19 bits per heavy atom. The monoisotopic (exact) mass is 226 g/mol. The van der Waals surface area contributed by atoms with Crippen LogP contribution < -0.4 is 0 Å². The summed E-state index contributed by atoms with van der Waals surface area (Å²) in [6.07, 6.45) is 3.37. The second kappa shape index (κ2) is 7.59. The van der Waals surface area contributed by atoms with Gasteiger partial charge in [-0.05, 0) is 32.6 Å². The molecule has 0 unspecified atom stereocenters. The SMILES string of the molecule is CCC(CC)C(=O)C(C)C(=O)C(CC)CC. The molecule has 0 spiro atoms. The van der Waals surface area contributed by atoms with E-state index in [0.29, 0.717) is 0 Å². The van der Waals surface area contributed by atoms with Gasteiger partial charge >= 0.3 is 0 Å². The van der Waals surface area contributed by atoms with Crippen molar-refractivity contribution in [3.8, 4) is 0 Å². The van der Waals surface area contributed by atoms with E-state index in [1.165, 1.54) is 0 Å². The quantitative estimate of drug-likeness (QED) is 0.592. The van der Waals surface area contributed by atoms with Gasteiger partial charge in [-0.2, -0.15) is 0 Å². The summed E-state index contributed by atoms with van der Waals surface area (Å²) >= 11 is 0. The summed E-state index contributed by atoms with van der Waals surface area (Å²) in [7, 11) is 0. The highest BCUT2D eigenvalue weighted by atomic mass is 16.2. The fourth-order valence-electron chi connectivity index (χ4n) is 2.23. The highest BCUT2D eigenvalue weighted by molar-refractivity contribution is 6.03. The first-order chi connectivity index (χ1) is 7.53. The molecule has 0 aliphatic carbocycles. The van der Waals surface area contributed by atoms with Crippen molar-refractivity contribution in [2.75, 3.05) is 0 Å². The van der Waals surface area contributed by atoms with E-state index in [2.05, 4.69) is 0 Å². The van der Waals surface area contributed by atoms with Crippen LogP contribution in [0.15, 0.2) is 0 Å². The molecule has 0 atom stereocenters. The van der Waals surface area contributed by atoms with Crippen LogP contribution in [0.3, 0.4) is 0 Å². The van der Waals surface area contributed by atoms with Gasteiger partial charge in [0.15, 0.2) is 0 Å². The zero-order valence-corrected chi connectivity index (χ0v) is 11.4. The predicted molar refractivity (Wildman–Crippen MR) is 67.3 cm³/mol. The number of carbonyl (C=O) groups is 2. The molecule has 0 aromatic rings. The Labute approximate surface area is 99.8 Å². The second-order valence-electron chi connectivity index (χ2n) is 4.55. The molecule has 0 saturated heterocycles. The van der Waals surface area contributed by atoms with Crippen molar-refractivity contribution in [1.29, 1.82) is 0 Å². The maximum atomic E-state index is 12.1. The minimum atomic E-state index is -0.408. The standard InChI is InChI=1S/C14H26O2/c1-6-11(7-2)13(15)10(5)14(16)12(8-3)9-4/h10-12H,6-9H2,1-5H3. The molecule has 0 N–H and O–H groups in total. The Balaban J connectivity index is 4.59. The van der Waals surface area contributed by atoms with E-state index in [4.69, 9.17) is 0 Å². The molecule has 0 aromatic heterocycles. The van der Waals surface area contributed by atoms with Crippen LogP contribution >= 0.6 is 0 Å². The number of hydrogen-bond acceptors (Lipinski definition) is 2. The molecule has 0 radical (unpaired) electrons. The number of ketones is 2. The van der Waals surface area contributed by atoms with Crippen LogP contribution in [-0.4, -0.2) is 11.6 Å². The van der Waals surface area contributed by atoms with E-state index >= 15 is 0 Å². The summed E-state index contributed by atoms with van der Waals surface area (Å²) in [5.41, 5.74) is 0. The number of Topliss-reactive ketones (excluding diaryl/α,β-unsaturated/α-hetero) is 2. The maximum absolute atomic E-state index is 12.1. The highest BCUT2D eigenvalue weighted by Crippen LogP contribution is 2.21. The molecule has 0 aliphatic heterocycles. The third-order valence-corrected chi connectivity index (χ3v) is 3.63. The number of carbonyl (C=O) groups excluding carboxylic acids is 2. The van der Waals surface area contributed by atoms with Gasteiger partial charge in [-0.15, -0.1) is 0 Å². The third-order valence-electron chi connectivity index (χ3n) is 3.63. The van der Waals surface area contributed by atoms with Gasteiger partial charge in [0, 0.05) is 11.8 Å². The van der Waals surface area contributed by atoms with Crippen molar-refractivity contribution < 1.29 is 9.59 Å². The summed E-state index contributed by atoms with van der Waals surface area (Å²) in [6.45, 7) is 9.84. The largest absolute Gasteiger partial charge is 0.299 e. The van der Waals surface area contributed by atoms with Crippen LogP contribution in [0.2, 0.25) is 0 Å². The van der Waals surface area contributed by atoms with Crippen LogP contribution in [0.1, 0.15) is 60.3 Å². The van der Waals surface area contributed by atoms with Crippen LogP contribution in [0.5, 0.6) is 0 Å². The van der Waals surface area contributed by atoms with Crippen molar-refractivity contribution in [2.45, 2.75) is 60.3 Å². The lowest BCUT2D eigenvalue weighted by Gasteiger charge is -2.20. The molecule has 0 rings (SSSR count). The van der Waals surface area contributed by atoms with Crippen molar-refractivity contribution in [3.63, 3.8) is 0 Å². The predicted octanol–water partition coefficient (Wildman–Crippen LogP) is 3.63. The van der Waals surface area contributed by atoms with Crippen molar-refractivity contribution in [3.05, 3.63) is 0 Å². The lowest BCUT2D eigenvalue weighted by atomic mass is 9.82. The summed E-state index contributed by atoms with van der Waals surface area (Å²) in [5, 5.41) is 0. The molecule has 0 heterocycles. The first kappa shape index (κ1) is 15.3. The molecule has 0 aromatic carbocycles. The van der Waals surface area contributed by atoms with E-state index in [-0.39, 0.29) is 23.4 Å². The molecule has 0 amide bonds. The minimum Gasteiger partial charge on any atom is -0.299 e. The molecular weight excluding hydrogens is 200 g/mol. The van der Waals surface area contributed by atoms with Crippen molar-refractivity contribution in [2.24, 2.45) is 17.8 Å². The zero-order valence-electron chi connectivity index (χ0n) is 11.4. The van der Waals surface area contributed by atoms with Gasteiger partial charge in [-0.1, -0.05) is 27.7 Å². The van der Waals surface area contributed by atoms with Crippen molar-refractivity contribution in [1.82, 2.24) is 0 Å². The highest BCUT2D eigenvalue weighted by Gasteiger charge is 2.29. The van der Waals surface area contributed by atoms with Crippen LogP contribution in [-0.2, 0) is 9.59 Å². The Morgan fingerprint density at radius 1 is 0.750 bits per heavy atom. The Morgan fingerprint density at radius 2 is 1.00 bits per heavy atom. The summed E-state index contributed by atoms with van der Waals surface area (Å²) in [5.74, 6) is 0.000208. The van der Waals surface area contributed by atoms with Crippen molar-refractivity contribution >= 4 is 11.6 Å². The van der Waals surface area contributed by atoms with Gasteiger partial charge in [0.25, 0.3) is 0 Å². The number of rotatable bonds is 8. The third kappa shape index (κ3) is 3.73. The normalized spacial score (nSPS) is 11.5. The summed E-state index contributed by atoms with van der Waals surface area (Å²) in [4.78, 5) is 24.1. The molecule has 0 fully saturated rings. The van der Waals surface area contributed by atoms with Gasteiger partial charge in [-0.25, -0.2) is 0 Å². The zero-order chi connectivity index (χ0) is 12.7. The Bertz CT molecular complexity index is 201. The van der Waals surface area contributed by atoms with Gasteiger partial charge in [-0.3, -0.25) is 9.59 Å². The van der Waals surface area contributed by atoms with E-state index in [0.717, 1.165) is 25.7 Å².